The van der Waals surface area contributed by atoms with E-state index < -0.39 is 35.4 Å². The minimum atomic E-state index is -4.68. The molecular formula is C25H25F4N3O3. The molecule has 1 fully saturated rings. The van der Waals surface area contributed by atoms with Crippen LogP contribution < -0.4 is 5.32 Å². The topological polar surface area (TPSA) is 69.7 Å². The standard InChI is InChI=1S/C25H25F4N3O3/c1-24(2,3)12-21(33)31-8-9-32-20(13-31)22(34)30-19-7-4-14(10-17(19)23(32)35)16-6-5-15(11-18(16)26)25(27,28)29/h4-7,10-11,20H,8-9,12-13H2,1-3H3,(H,30,34). The van der Waals surface area contributed by atoms with Crippen molar-refractivity contribution in [1.29, 1.82) is 0 Å². The summed E-state index contributed by atoms with van der Waals surface area (Å²) in [6.45, 7) is 6.29. The minimum absolute atomic E-state index is 0.0564. The smallest absolute Gasteiger partial charge is 0.338 e. The van der Waals surface area contributed by atoms with Crippen LogP contribution in [-0.4, -0.2) is 53.2 Å². The van der Waals surface area contributed by atoms with Crippen molar-refractivity contribution in [2.24, 2.45) is 5.41 Å². The number of hydrogen-bond acceptors (Lipinski definition) is 3. The van der Waals surface area contributed by atoms with Crippen molar-refractivity contribution in [2.45, 2.75) is 39.4 Å². The summed E-state index contributed by atoms with van der Waals surface area (Å²) in [6.07, 6.45) is -4.38. The molecule has 2 heterocycles. The average Bonchev–Trinajstić information content (AvgIpc) is 2.86. The van der Waals surface area contributed by atoms with Crippen LogP contribution in [0, 0.1) is 11.2 Å². The van der Waals surface area contributed by atoms with Gasteiger partial charge in [-0.2, -0.15) is 13.2 Å². The van der Waals surface area contributed by atoms with Gasteiger partial charge in [-0.3, -0.25) is 14.4 Å². The maximum absolute atomic E-state index is 14.5. The number of hydrogen-bond donors (Lipinski definition) is 1. The highest BCUT2D eigenvalue weighted by atomic mass is 19.4. The van der Waals surface area contributed by atoms with Crippen LogP contribution in [0.2, 0.25) is 0 Å². The molecule has 6 nitrogen and oxygen atoms in total. The lowest BCUT2D eigenvalue weighted by Crippen LogP contribution is -2.59. The number of amides is 3. The van der Waals surface area contributed by atoms with Crippen molar-refractivity contribution in [2.75, 3.05) is 25.0 Å². The van der Waals surface area contributed by atoms with Crippen LogP contribution in [0.25, 0.3) is 11.1 Å². The molecule has 0 saturated carbocycles. The summed E-state index contributed by atoms with van der Waals surface area (Å²) in [5.74, 6) is -2.09. The van der Waals surface area contributed by atoms with Crippen molar-refractivity contribution in [1.82, 2.24) is 9.80 Å². The van der Waals surface area contributed by atoms with Crippen LogP contribution in [-0.2, 0) is 15.8 Å². The normalized spacial score (nSPS) is 18.5. The van der Waals surface area contributed by atoms with Gasteiger partial charge in [0.15, 0.2) is 0 Å². The Balaban J connectivity index is 1.62. The van der Waals surface area contributed by atoms with Gasteiger partial charge in [0.25, 0.3) is 5.91 Å². The average molecular weight is 491 g/mol. The lowest BCUT2D eigenvalue weighted by molar-refractivity contribution is -0.138. The monoisotopic (exact) mass is 491 g/mol. The largest absolute Gasteiger partial charge is 0.416 e. The zero-order chi connectivity index (χ0) is 25.7. The van der Waals surface area contributed by atoms with E-state index in [0.29, 0.717) is 12.5 Å². The number of nitrogens with one attached hydrogen (secondary N) is 1. The van der Waals surface area contributed by atoms with Crippen LogP contribution in [0.1, 0.15) is 43.1 Å². The Labute approximate surface area is 199 Å². The molecule has 1 N–H and O–H groups in total. The lowest BCUT2D eigenvalue weighted by Gasteiger charge is -2.40. The highest BCUT2D eigenvalue weighted by Crippen LogP contribution is 2.35. The van der Waals surface area contributed by atoms with Gasteiger partial charge in [-0.25, -0.2) is 4.39 Å². The van der Waals surface area contributed by atoms with Crippen molar-refractivity contribution in [3.8, 4) is 11.1 Å². The molecule has 2 aliphatic heterocycles. The van der Waals surface area contributed by atoms with Gasteiger partial charge in [-0.1, -0.05) is 32.9 Å². The lowest BCUT2D eigenvalue weighted by atomic mass is 9.91. The first-order valence-electron chi connectivity index (χ1n) is 11.2. The Morgan fingerprint density at radius 1 is 1.03 bits per heavy atom. The number of fused-ring (bicyclic) bond motifs is 2. The Bertz CT molecular complexity index is 1200. The summed E-state index contributed by atoms with van der Waals surface area (Å²) in [6, 6.07) is 5.54. The number of benzene rings is 2. The van der Waals surface area contributed by atoms with Crippen LogP contribution in [0.15, 0.2) is 36.4 Å². The van der Waals surface area contributed by atoms with Gasteiger partial charge in [0.05, 0.1) is 23.4 Å². The van der Waals surface area contributed by atoms with E-state index in [1.807, 2.05) is 20.8 Å². The summed E-state index contributed by atoms with van der Waals surface area (Å²) in [7, 11) is 0. The molecular weight excluding hydrogens is 466 g/mol. The van der Waals surface area contributed by atoms with Gasteiger partial charge < -0.3 is 15.1 Å². The Morgan fingerprint density at radius 2 is 1.74 bits per heavy atom. The highest BCUT2D eigenvalue weighted by Gasteiger charge is 2.41. The van der Waals surface area contributed by atoms with E-state index in [0.717, 1.165) is 12.1 Å². The molecule has 4 rings (SSSR count). The van der Waals surface area contributed by atoms with Crippen molar-refractivity contribution >= 4 is 23.4 Å². The number of halogens is 4. The molecule has 0 aliphatic carbocycles. The molecule has 0 aromatic heterocycles. The fourth-order valence-electron chi connectivity index (χ4n) is 4.34. The third-order valence-corrected chi connectivity index (χ3v) is 6.09. The molecule has 2 aliphatic rings. The molecule has 186 valence electrons. The number of rotatable bonds is 2. The Morgan fingerprint density at radius 3 is 2.37 bits per heavy atom. The molecule has 35 heavy (non-hydrogen) atoms. The number of alkyl halides is 3. The molecule has 1 atom stereocenters. The first-order chi connectivity index (χ1) is 16.2. The quantitative estimate of drug-likeness (QED) is 0.627. The summed E-state index contributed by atoms with van der Waals surface area (Å²) in [5, 5.41) is 2.70. The maximum Gasteiger partial charge on any atom is 0.416 e. The second-order valence-electron chi connectivity index (χ2n) is 10.0. The molecule has 2 aromatic rings. The van der Waals surface area contributed by atoms with E-state index in [1.165, 1.54) is 23.1 Å². The van der Waals surface area contributed by atoms with Crippen molar-refractivity contribution in [3.05, 3.63) is 53.3 Å². The molecule has 0 spiro atoms. The zero-order valence-electron chi connectivity index (χ0n) is 19.5. The summed E-state index contributed by atoms with van der Waals surface area (Å²) >= 11 is 0. The number of nitrogens with zero attached hydrogens (tertiary/aromatic N) is 2. The molecule has 1 unspecified atom stereocenters. The van der Waals surface area contributed by atoms with Crippen LogP contribution >= 0.6 is 0 Å². The van der Waals surface area contributed by atoms with E-state index in [9.17, 15) is 31.9 Å². The predicted octanol–water partition coefficient (Wildman–Crippen LogP) is 4.55. The van der Waals surface area contributed by atoms with E-state index in [2.05, 4.69) is 5.32 Å². The molecule has 0 bridgehead atoms. The van der Waals surface area contributed by atoms with Gasteiger partial charge in [0.2, 0.25) is 11.8 Å². The van der Waals surface area contributed by atoms with E-state index >= 15 is 0 Å². The fraction of sp³-hybridized carbons (Fsp3) is 0.400. The summed E-state index contributed by atoms with van der Waals surface area (Å²) in [4.78, 5) is 42.0. The Kier molecular flexibility index (Phi) is 6.11. The maximum atomic E-state index is 14.5. The van der Waals surface area contributed by atoms with Gasteiger partial charge in [-0.15, -0.1) is 0 Å². The molecule has 3 amide bonds. The second kappa shape index (κ2) is 8.66. The van der Waals surface area contributed by atoms with Gasteiger partial charge in [0.1, 0.15) is 11.9 Å². The molecule has 2 aromatic carbocycles. The zero-order valence-corrected chi connectivity index (χ0v) is 19.5. The Hall–Kier alpha value is -3.43. The van der Waals surface area contributed by atoms with E-state index in [-0.39, 0.29) is 53.3 Å². The molecule has 0 radical (unpaired) electrons. The van der Waals surface area contributed by atoms with Gasteiger partial charge >= 0.3 is 6.18 Å². The second-order valence-corrected chi connectivity index (χ2v) is 10.0. The first kappa shape index (κ1) is 24.7. The molecule has 10 heteroatoms. The SMILES string of the molecule is CC(C)(C)CC(=O)N1CCN2C(=O)c3cc(-c4ccc(C(F)(F)F)cc4F)ccc3NC(=O)C2C1. The summed E-state index contributed by atoms with van der Waals surface area (Å²) < 4.78 is 53.2. The highest BCUT2D eigenvalue weighted by molar-refractivity contribution is 6.10. The number of piperazine rings is 1. The van der Waals surface area contributed by atoms with Gasteiger partial charge in [0, 0.05) is 25.1 Å². The van der Waals surface area contributed by atoms with Crippen molar-refractivity contribution < 1.29 is 31.9 Å². The van der Waals surface area contributed by atoms with Crippen LogP contribution in [0.3, 0.4) is 0 Å². The van der Waals surface area contributed by atoms with Crippen LogP contribution in [0.4, 0.5) is 23.2 Å². The number of carbonyl (C=O) groups excluding carboxylic acids is 3. The van der Waals surface area contributed by atoms with Crippen LogP contribution in [0.5, 0.6) is 0 Å². The van der Waals surface area contributed by atoms with Gasteiger partial charge in [-0.05, 0) is 35.2 Å². The minimum Gasteiger partial charge on any atom is -0.338 e. The fourth-order valence-corrected chi connectivity index (χ4v) is 4.34. The van der Waals surface area contributed by atoms with E-state index in [1.54, 1.807) is 4.90 Å². The predicted molar refractivity (Wildman–Crippen MR) is 121 cm³/mol. The number of anilines is 1. The third-order valence-electron chi connectivity index (χ3n) is 6.09. The first-order valence-corrected chi connectivity index (χ1v) is 11.2. The van der Waals surface area contributed by atoms with E-state index in [4.69, 9.17) is 0 Å². The third kappa shape index (κ3) is 5.01. The number of carbonyl (C=O) groups is 3. The summed E-state index contributed by atoms with van der Waals surface area (Å²) in [5.41, 5.74) is -0.910. The van der Waals surface area contributed by atoms with Crippen molar-refractivity contribution in [3.63, 3.8) is 0 Å². The molecule has 1 saturated heterocycles.